The molecule has 1 aromatic carbocycles. The van der Waals surface area contributed by atoms with E-state index in [1.807, 2.05) is 18.2 Å². The highest BCUT2D eigenvalue weighted by atomic mass is 16.5. The lowest BCUT2D eigenvalue weighted by Gasteiger charge is -2.10. The molecule has 0 fully saturated rings. The maximum atomic E-state index is 10.0. The minimum absolute atomic E-state index is 0.368. The van der Waals surface area contributed by atoms with Crippen molar-refractivity contribution in [1.29, 1.82) is 0 Å². The Morgan fingerprint density at radius 2 is 1.17 bits per heavy atom. The minimum Gasteiger partial charge on any atom is -0.507 e. The van der Waals surface area contributed by atoms with E-state index in [-0.39, 0.29) is 0 Å². The van der Waals surface area contributed by atoms with Gasteiger partial charge in [0.1, 0.15) is 5.75 Å². The van der Waals surface area contributed by atoms with E-state index < -0.39 is 0 Å². The lowest BCUT2D eigenvalue weighted by atomic mass is 9.98. The zero-order valence-electron chi connectivity index (χ0n) is 14.0. The summed E-state index contributed by atoms with van der Waals surface area (Å²) in [4.78, 5) is 0. The third-order valence-corrected chi connectivity index (χ3v) is 2.91. The Labute approximate surface area is 140 Å². The van der Waals surface area contributed by atoms with Crippen LogP contribution in [0.2, 0.25) is 0 Å². The second-order valence-corrected chi connectivity index (χ2v) is 4.86. The summed E-state index contributed by atoms with van der Waals surface area (Å²) in [5.41, 5.74) is 3.01. The molecule has 0 amide bonds. The molecule has 1 rings (SSSR count). The van der Waals surface area contributed by atoms with Crippen LogP contribution in [0.15, 0.2) is 75.4 Å². The molecule has 2 nitrogen and oxygen atoms in total. The smallest absolute Gasteiger partial charge is 0.122 e. The molecule has 0 radical (unpaired) electrons. The third kappa shape index (κ3) is 8.64. The monoisotopic (exact) mass is 312 g/mol. The summed E-state index contributed by atoms with van der Waals surface area (Å²) in [6.07, 6.45) is 11.1. The summed E-state index contributed by atoms with van der Waals surface area (Å²) in [7, 11) is 0. The van der Waals surface area contributed by atoms with Crippen molar-refractivity contribution in [3.05, 3.63) is 92.1 Å². The van der Waals surface area contributed by atoms with Crippen LogP contribution in [-0.2, 0) is 24.0 Å². The molecule has 0 spiro atoms. The highest BCUT2D eigenvalue weighted by Gasteiger charge is 2.07. The standard InChI is InChI=1S/C15H18O.C6H10O/c1-4-7-12-10-13(8-5-2)15(16)14(11-12)9-6-3;1-3-5-7-6-4-2/h4-6,10-11,16H,1-3,7-9H2;3-4H,1-2,5-6H2. The average Bonchev–Trinajstić information content (AvgIpc) is 2.54. The SMILES string of the molecule is C=CCOCC=C.C=CCc1cc(CC=C)c(O)c(CC=C)c1. The van der Waals surface area contributed by atoms with Gasteiger partial charge in [0.2, 0.25) is 0 Å². The quantitative estimate of drug-likeness (QED) is 0.489. The summed E-state index contributed by atoms with van der Waals surface area (Å²) in [5.74, 6) is 0.368. The molecule has 0 saturated heterocycles. The van der Waals surface area contributed by atoms with Crippen LogP contribution in [0.25, 0.3) is 0 Å². The van der Waals surface area contributed by atoms with Gasteiger partial charge in [-0.2, -0.15) is 0 Å². The number of rotatable bonds is 10. The van der Waals surface area contributed by atoms with E-state index in [1.54, 1.807) is 24.3 Å². The summed E-state index contributed by atoms with van der Waals surface area (Å²) in [6.45, 7) is 19.3. The van der Waals surface area contributed by atoms with E-state index in [0.29, 0.717) is 31.8 Å². The molecule has 23 heavy (non-hydrogen) atoms. The van der Waals surface area contributed by atoms with Crippen LogP contribution in [0.1, 0.15) is 16.7 Å². The normalized spacial score (nSPS) is 9.22. The molecule has 0 heterocycles. The zero-order valence-corrected chi connectivity index (χ0v) is 14.0. The van der Waals surface area contributed by atoms with Crippen LogP contribution >= 0.6 is 0 Å². The molecule has 0 saturated carbocycles. The van der Waals surface area contributed by atoms with Gasteiger partial charge in [0, 0.05) is 0 Å². The number of benzene rings is 1. The maximum Gasteiger partial charge on any atom is 0.122 e. The fourth-order valence-electron chi connectivity index (χ4n) is 1.97. The van der Waals surface area contributed by atoms with Crippen molar-refractivity contribution in [3.8, 4) is 5.75 Å². The van der Waals surface area contributed by atoms with Crippen LogP contribution in [0.3, 0.4) is 0 Å². The van der Waals surface area contributed by atoms with E-state index in [4.69, 9.17) is 4.74 Å². The lowest BCUT2D eigenvalue weighted by molar-refractivity contribution is 0.194. The van der Waals surface area contributed by atoms with Crippen LogP contribution in [0.4, 0.5) is 0 Å². The van der Waals surface area contributed by atoms with Crippen molar-refractivity contribution in [2.75, 3.05) is 13.2 Å². The fourth-order valence-corrected chi connectivity index (χ4v) is 1.97. The predicted octanol–water partition coefficient (Wildman–Crippen LogP) is 4.95. The number of ether oxygens (including phenoxy) is 1. The van der Waals surface area contributed by atoms with Crippen LogP contribution < -0.4 is 0 Å². The Bertz CT molecular complexity index is 488. The average molecular weight is 312 g/mol. The van der Waals surface area contributed by atoms with Gasteiger partial charge in [-0.1, -0.05) is 42.5 Å². The van der Waals surface area contributed by atoms with Crippen molar-refractivity contribution in [3.63, 3.8) is 0 Å². The second-order valence-electron chi connectivity index (χ2n) is 4.86. The van der Waals surface area contributed by atoms with Crippen LogP contribution in [-0.4, -0.2) is 18.3 Å². The van der Waals surface area contributed by atoms with E-state index >= 15 is 0 Å². The number of hydrogen-bond acceptors (Lipinski definition) is 2. The van der Waals surface area contributed by atoms with Crippen molar-refractivity contribution in [2.45, 2.75) is 19.3 Å². The fraction of sp³-hybridized carbons (Fsp3) is 0.238. The summed E-state index contributed by atoms with van der Waals surface area (Å²) >= 11 is 0. The molecule has 1 aromatic rings. The Morgan fingerprint density at radius 1 is 0.739 bits per heavy atom. The van der Waals surface area contributed by atoms with E-state index in [2.05, 4.69) is 32.9 Å². The Kier molecular flexibility index (Phi) is 12.0. The van der Waals surface area contributed by atoms with Gasteiger partial charge in [0.05, 0.1) is 13.2 Å². The van der Waals surface area contributed by atoms with Crippen LogP contribution in [0.5, 0.6) is 5.75 Å². The predicted molar refractivity (Wildman–Crippen MR) is 101 cm³/mol. The Balaban J connectivity index is 0.000000585. The first-order chi connectivity index (χ1) is 11.1. The molecule has 124 valence electrons. The first-order valence-electron chi connectivity index (χ1n) is 7.60. The number of hydrogen-bond donors (Lipinski definition) is 1. The van der Waals surface area contributed by atoms with Crippen molar-refractivity contribution in [1.82, 2.24) is 0 Å². The molecule has 0 aliphatic heterocycles. The molecule has 0 aliphatic carbocycles. The van der Waals surface area contributed by atoms with Gasteiger partial charge in [-0.15, -0.1) is 32.9 Å². The van der Waals surface area contributed by atoms with Crippen molar-refractivity contribution >= 4 is 0 Å². The Hall–Kier alpha value is -2.32. The topological polar surface area (TPSA) is 29.5 Å². The maximum absolute atomic E-state index is 10.0. The van der Waals surface area contributed by atoms with Gasteiger partial charge in [-0.05, 0) is 36.0 Å². The van der Waals surface area contributed by atoms with Gasteiger partial charge >= 0.3 is 0 Å². The second kappa shape index (κ2) is 13.4. The van der Waals surface area contributed by atoms with Gasteiger partial charge in [0.15, 0.2) is 0 Å². The minimum atomic E-state index is 0.368. The molecule has 0 aliphatic rings. The zero-order chi connectivity index (χ0) is 17.5. The first-order valence-corrected chi connectivity index (χ1v) is 7.60. The van der Waals surface area contributed by atoms with E-state index in [9.17, 15) is 5.11 Å². The van der Waals surface area contributed by atoms with Gasteiger partial charge in [0.25, 0.3) is 0 Å². The van der Waals surface area contributed by atoms with Gasteiger partial charge < -0.3 is 9.84 Å². The highest BCUT2D eigenvalue weighted by Crippen LogP contribution is 2.26. The van der Waals surface area contributed by atoms with E-state index in [0.717, 1.165) is 17.5 Å². The molecule has 2 heteroatoms. The summed E-state index contributed by atoms with van der Waals surface area (Å²) in [5, 5.41) is 10.0. The molecular formula is C21H28O2. The molecule has 0 aromatic heterocycles. The van der Waals surface area contributed by atoms with Gasteiger partial charge in [-0.3, -0.25) is 0 Å². The number of phenols is 1. The summed E-state index contributed by atoms with van der Waals surface area (Å²) in [6, 6.07) is 4.01. The van der Waals surface area contributed by atoms with Crippen molar-refractivity contribution < 1.29 is 9.84 Å². The molecule has 0 atom stereocenters. The van der Waals surface area contributed by atoms with Crippen molar-refractivity contribution in [2.24, 2.45) is 0 Å². The lowest BCUT2D eigenvalue weighted by Crippen LogP contribution is -1.93. The number of aromatic hydroxyl groups is 1. The molecule has 0 bridgehead atoms. The largest absolute Gasteiger partial charge is 0.507 e. The molecular weight excluding hydrogens is 284 g/mol. The summed E-state index contributed by atoms with van der Waals surface area (Å²) < 4.78 is 4.90. The molecule has 1 N–H and O–H groups in total. The third-order valence-electron chi connectivity index (χ3n) is 2.91. The van der Waals surface area contributed by atoms with Gasteiger partial charge in [-0.25, -0.2) is 0 Å². The first kappa shape index (κ1) is 20.7. The number of allylic oxidation sites excluding steroid dienone is 3. The Morgan fingerprint density at radius 3 is 1.52 bits per heavy atom. The molecule has 0 unspecified atom stereocenters. The van der Waals surface area contributed by atoms with E-state index in [1.165, 1.54) is 5.56 Å². The van der Waals surface area contributed by atoms with Crippen LogP contribution in [0, 0.1) is 0 Å². The highest BCUT2D eigenvalue weighted by molar-refractivity contribution is 5.45. The number of phenolic OH excluding ortho intramolecular Hbond substituents is 1.